The third-order valence-corrected chi connectivity index (χ3v) is 9.20. The van der Waals surface area contributed by atoms with E-state index in [-0.39, 0.29) is 10.5 Å². The van der Waals surface area contributed by atoms with Crippen molar-refractivity contribution in [1.29, 1.82) is 10.5 Å². The molecule has 0 rings (SSSR count). The average Bonchev–Trinajstić information content (AvgIpc) is 2.84. The Labute approximate surface area is 226 Å². The van der Waals surface area contributed by atoms with E-state index in [4.69, 9.17) is 12.2 Å². The van der Waals surface area contributed by atoms with Gasteiger partial charge in [-0.25, -0.2) is 0 Å². The Balaban J connectivity index is 3.76. The second kappa shape index (κ2) is 27.4. The van der Waals surface area contributed by atoms with Gasteiger partial charge in [0.25, 0.3) is 0 Å². The summed E-state index contributed by atoms with van der Waals surface area (Å²) in [5, 5.41) is 18.9. The molecule has 0 saturated heterocycles. The molecule has 2 nitrogen and oxygen atoms in total. The maximum Gasteiger partial charge on any atom is 0.106 e. The monoisotopic (exact) mass is 524 g/mol. The van der Waals surface area contributed by atoms with Crippen LogP contribution in [0.3, 0.4) is 0 Å². The quantitative estimate of drug-likeness (QED) is 0.0927. The molecule has 0 bridgehead atoms. The van der Waals surface area contributed by atoms with Crippen LogP contribution in [0.1, 0.15) is 155 Å². The molecule has 0 aliphatic carbocycles. The molecule has 0 aromatic heterocycles. The summed E-state index contributed by atoms with van der Waals surface area (Å²) >= 11 is 8.54. The number of hydrogen-bond acceptors (Lipinski definition) is 5. The maximum atomic E-state index is 9.51. The first-order valence-corrected chi connectivity index (χ1v) is 16.5. The molecule has 0 aromatic rings. The predicted octanol–water partition coefficient (Wildman–Crippen LogP) is 11.1. The Bertz CT molecular complexity index is 492. The number of hydrogen-bond donors (Lipinski definition) is 0. The molecule has 0 aliphatic heterocycles. The molecule has 0 amide bonds. The van der Waals surface area contributed by atoms with Crippen molar-refractivity contribution in [3.8, 4) is 12.1 Å². The van der Waals surface area contributed by atoms with Crippen LogP contribution < -0.4 is 0 Å². The number of thioether (sulfide) groups is 2. The highest BCUT2D eigenvalue weighted by Gasteiger charge is 2.16. The first kappa shape index (κ1) is 33.8. The van der Waals surface area contributed by atoms with Crippen molar-refractivity contribution in [2.75, 3.05) is 0 Å². The van der Waals surface area contributed by atoms with E-state index in [9.17, 15) is 10.5 Å². The molecular formula is C29H52N2S3. The van der Waals surface area contributed by atoms with Crippen LogP contribution in [0.5, 0.6) is 0 Å². The fourth-order valence-electron chi connectivity index (χ4n) is 4.19. The van der Waals surface area contributed by atoms with Gasteiger partial charge in [-0.3, -0.25) is 0 Å². The van der Waals surface area contributed by atoms with Gasteiger partial charge in [0.2, 0.25) is 0 Å². The Hall–Kier alpha value is -0.230. The van der Waals surface area contributed by atoms with Crippen molar-refractivity contribution in [2.45, 2.75) is 166 Å². The van der Waals surface area contributed by atoms with Crippen LogP contribution in [-0.2, 0) is 0 Å². The minimum atomic E-state index is -0.0642. The van der Waals surface area contributed by atoms with Crippen molar-refractivity contribution in [3.05, 3.63) is 0 Å². The highest BCUT2D eigenvalue weighted by atomic mass is 32.2. The van der Waals surface area contributed by atoms with Crippen molar-refractivity contribution >= 4 is 39.3 Å². The fourth-order valence-corrected chi connectivity index (χ4v) is 6.95. The lowest BCUT2D eigenvalue weighted by Crippen LogP contribution is -2.06. The van der Waals surface area contributed by atoms with Gasteiger partial charge in [-0.1, -0.05) is 178 Å². The van der Waals surface area contributed by atoms with E-state index in [0.29, 0.717) is 0 Å². The van der Waals surface area contributed by atoms with E-state index < -0.39 is 0 Å². The number of thiocarbonyl (C=S) groups is 1. The molecule has 0 aromatic carbocycles. The molecule has 196 valence electrons. The number of nitriles is 2. The molecular weight excluding hydrogens is 473 g/mol. The topological polar surface area (TPSA) is 47.6 Å². The van der Waals surface area contributed by atoms with Crippen LogP contribution in [-0.4, -0.2) is 14.0 Å². The molecule has 0 spiro atoms. The van der Waals surface area contributed by atoms with Gasteiger partial charge in [-0.2, -0.15) is 10.5 Å². The normalized spacial score (nSPS) is 12.7. The SMILES string of the molecule is CCCCCCCCCCCCC(C#N)SC(=S)SC(C#N)CCCCCCCCCCCC. The Kier molecular flexibility index (Phi) is 27.2. The standard InChI is InChI=1S/C29H52N2S3/c1-3-5-7-9-11-13-15-17-19-21-23-27(25-30)33-29(32)34-28(26-31)24-22-20-18-16-14-12-10-8-6-4-2/h27-28H,3-24H2,1-2H3. The van der Waals surface area contributed by atoms with Crippen molar-refractivity contribution in [1.82, 2.24) is 0 Å². The minimum absolute atomic E-state index is 0.0642. The second-order valence-electron chi connectivity index (χ2n) is 9.66. The molecule has 0 heterocycles. The number of unbranched alkanes of at least 4 members (excludes halogenated alkanes) is 18. The summed E-state index contributed by atoms with van der Waals surface area (Å²) < 4.78 is 0.775. The molecule has 34 heavy (non-hydrogen) atoms. The van der Waals surface area contributed by atoms with Crippen molar-refractivity contribution in [2.24, 2.45) is 0 Å². The second-order valence-corrected chi connectivity index (χ2v) is 13.3. The van der Waals surface area contributed by atoms with Gasteiger partial charge < -0.3 is 0 Å². The summed E-state index contributed by atoms with van der Waals surface area (Å²) in [6.07, 6.45) is 28.1. The summed E-state index contributed by atoms with van der Waals surface area (Å²) in [5.74, 6) is 0. The molecule has 5 heteroatoms. The van der Waals surface area contributed by atoms with Gasteiger partial charge in [-0.15, -0.1) is 0 Å². The van der Waals surface area contributed by atoms with Gasteiger partial charge in [0.05, 0.1) is 22.6 Å². The number of rotatable bonds is 24. The largest absolute Gasteiger partial charge is 0.197 e. The predicted molar refractivity (Wildman–Crippen MR) is 160 cm³/mol. The van der Waals surface area contributed by atoms with Crippen LogP contribution in [0.4, 0.5) is 0 Å². The lowest BCUT2D eigenvalue weighted by Gasteiger charge is -2.12. The molecule has 0 aliphatic rings. The van der Waals surface area contributed by atoms with Crippen LogP contribution in [0.25, 0.3) is 0 Å². The first-order valence-electron chi connectivity index (χ1n) is 14.3. The van der Waals surface area contributed by atoms with Crippen LogP contribution >= 0.6 is 35.7 Å². The van der Waals surface area contributed by atoms with Gasteiger partial charge >= 0.3 is 0 Å². The summed E-state index contributed by atoms with van der Waals surface area (Å²) in [6, 6.07) is 4.84. The van der Waals surface area contributed by atoms with E-state index >= 15 is 0 Å². The molecule has 0 N–H and O–H groups in total. The lowest BCUT2D eigenvalue weighted by atomic mass is 10.1. The highest BCUT2D eigenvalue weighted by molar-refractivity contribution is 8.47. The van der Waals surface area contributed by atoms with Gasteiger partial charge in [0.15, 0.2) is 0 Å². The van der Waals surface area contributed by atoms with Crippen LogP contribution in [0.15, 0.2) is 0 Å². The zero-order chi connectivity index (χ0) is 25.1. The van der Waals surface area contributed by atoms with E-state index in [2.05, 4.69) is 26.0 Å². The van der Waals surface area contributed by atoms with Crippen molar-refractivity contribution in [3.63, 3.8) is 0 Å². The van der Waals surface area contributed by atoms with Crippen molar-refractivity contribution < 1.29 is 0 Å². The van der Waals surface area contributed by atoms with E-state index in [1.807, 2.05) is 0 Å². The average molecular weight is 525 g/mol. The molecule has 2 unspecified atom stereocenters. The smallest absolute Gasteiger partial charge is 0.106 e. The fraction of sp³-hybridized carbons (Fsp3) is 0.897. The maximum absolute atomic E-state index is 9.51. The summed E-state index contributed by atoms with van der Waals surface area (Å²) in [5.41, 5.74) is 0. The molecule has 0 radical (unpaired) electrons. The minimum Gasteiger partial charge on any atom is -0.197 e. The molecule has 2 atom stereocenters. The third-order valence-electron chi connectivity index (χ3n) is 6.40. The first-order chi connectivity index (χ1) is 16.7. The van der Waals surface area contributed by atoms with Gasteiger partial charge in [0, 0.05) is 0 Å². The van der Waals surface area contributed by atoms with E-state index in [1.54, 1.807) is 0 Å². The van der Waals surface area contributed by atoms with Gasteiger partial charge in [-0.05, 0) is 12.8 Å². The highest BCUT2D eigenvalue weighted by Crippen LogP contribution is 2.30. The zero-order valence-corrected chi connectivity index (χ0v) is 24.8. The lowest BCUT2D eigenvalue weighted by molar-refractivity contribution is 0.552. The Morgan fingerprint density at radius 2 is 0.794 bits per heavy atom. The summed E-state index contributed by atoms with van der Waals surface area (Å²) in [7, 11) is 0. The Morgan fingerprint density at radius 3 is 1.06 bits per heavy atom. The third kappa shape index (κ3) is 23.5. The summed E-state index contributed by atoms with van der Waals surface area (Å²) in [6.45, 7) is 4.53. The molecule has 0 saturated carbocycles. The summed E-state index contributed by atoms with van der Waals surface area (Å²) in [4.78, 5) is 0. The Morgan fingerprint density at radius 1 is 0.529 bits per heavy atom. The van der Waals surface area contributed by atoms with E-state index in [0.717, 1.165) is 29.2 Å². The van der Waals surface area contributed by atoms with Crippen LogP contribution in [0, 0.1) is 22.7 Å². The number of nitrogens with zero attached hydrogens (tertiary/aromatic N) is 2. The molecule has 0 fully saturated rings. The van der Waals surface area contributed by atoms with Crippen LogP contribution in [0.2, 0.25) is 0 Å². The zero-order valence-electron chi connectivity index (χ0n) is 22.3. The van der Waals surface area contributed by atoms with E-state index in [1.165, 1.54) is 139 Å². The van der Waals surface area contributed by atoms with Gasteiger partial charge in [0.1, 0.15) is 3.53 Å².